The predicted octanol–water partition coefficient (Wildman–Crippen LogP) is 4.51. The summed E-state index contributed by atoms with van der Waals surface area (Å²) < 4.78 is 10.6. The van der Waals surface area contributed by atoms with Crippen LogP contribution in [-0.4, -0.2) is 52.3 Å². The Morgan fingerprint density at radius 3 is 2.29 bits per heavy atom. The highest BCUT2D eigenvalue weighted by Crippen LogP contribution is 2.44. The largest absolute Gasteiger partial charge is 0.479 e. The number of carbonyl (C=O) groups excluding carboxylic acids is 2. The molecule has 0 unspecified atom stereocenters. The summed E-state index contributed by atoms with van der Waals surface area (Å²) >= 11 is 0. The van der Waals surface area contributed by atoms with Crippen molar-refractivity contribution in [3.63, 3.8) is 0 Å². The van der Waals surface area contributed by atoms with E-state index in [2.05, 4.69) is 22.6 Å². The van der Waals surface area contributed by atoms with Crippen LogP contribution in [0.2, 0.25) is 0 Å². The molecule has 0 atom stereocenters. The molecule has 1 aromatic heterocycles. The van der Waals surface area contributed by atoms with Crippen LogP contribution in [0.1, 0.15) is 53.2 Å². The number of carbonyl (C=O) groups is 3. The average Bonchev–Trinajstić information content (AvgIpc) is 3.60. The minimum absolute atomic E-state index is 0.0604. The Morgan fingerprint density at radius 1 is 1.09 bits per heavy atom. The highest BCUT2D eigenvalue weighted by molar-refractivity contribution is 5.97. The van der Waals surface area contributed by atoms with E-state index >= 15 is 0 Å². The summed E-state index contributed by atoms with van der Waals surface area (Å²) in [6, 6.07) is 17.3. The molecule has 1 fully saturated rings. The molecule has 9 heteroatoms. The van der Waals surface area contributed by atoms with E-state index in [1.807, 2.05) is 36.4 Å². The summed E-state index contributed by atoms with van der Waals surface area (Å²) in [5.41, 5.74) is 3.10. The van der Waals surface area contributed by atoms with Crippen LogP contribution < -0.4 is 5.32 Å². The number of anilines is 1. The van der Waals surface area contributed by atoms with Crippen molar-refractivity contribution in [1.82, 2.24) is 10.1 Å². The van der Waals surface area contributed by atoms with Crippen molar-refractivity contribution in [2.75, 3.05) is 19.0 Å². The van der Waals surface area contributed by atoms with Crippen molar-refractivity contribution < 1.29 is 28.8 Å². The Bertz CT molecular complexity index is 1250. The third-order valence-electron chi connectivity index (χ3n) is 7.07. The van der Waals surface area contributed by atoms with Gasteiger partial charge in [0.2, 0.25) is 5.88 Å². The number of carboxylic acids is 1. The van der Waals surface area contributed by atoms with Gasteiger partial charge in [-0.15, -0.1) is 0 Å². The number of rotatable bonds is 6. The zero-order valence-corrected chi connectivity index (χ0v) is 19.2. The number of fused-ring (bicyclic) bond motifs is 3. The topological polar surface area (TPSA) is 122 Å². The van der Waals surface area contributed by atoms with Crippen LogP contribution >= 0.6 is 0 Å². The third kappa shape index (κ3) is 3.92. The quantitative estimate of drug-likeness (QED) is 0.538. The molecule has 2 aliphatic carbocycles. The number of hydrogen-bond donors (Lipinski definition) is 2. The van der Waals surface area contributed by atoms with Gasteiger partial charge in [0.05, 0.1) is 0 Å². The van der Waals surface area contributed by atoms with E-state index < -0.39 is 23.5 Å². The van der Waals surface area contributed by atoms with E-state index in [0.29, 0.717) is 12.8 Å². The summed E-state index contributed by atoms with van der Waals surface area (Å²) in [6.45, 7) is 0.129. The first kappa shape index (κ1) is 22.6. The van der Waals surface area contributed by atoms with Gasteiger partial charge >= 0.3 is 12.1 Å². The fourth-order valence-corrected chi connectivity index (χ4v) is 5.19. The van der Waals surface area contributed by atoms with Crippen LogP contribution in [0, 0.1) is 0 Å². The number of aromatic nitrogens is 1. The Balaban J connectivity index is 1.23. The number of carboxylic acid groups (broad SMARTS) is 1. The molecule has 0 aliphatic heterocycles. The first-order chi connectivity index (χ1) is 16.9. The van der Waals surface area contributed by atoms with Crippen LogP contribution in [0.15, 0.2) is 59.1 Å². The first-order valence-electron chi connectivity index (χ1n) is 11.5. The molecule has 9 nitrogen and oxygen atoms in total. The number of amides is 2. The van der Waals surface area contributed by atoms with E-state index in [4.69, 9.17) is 9.26 Å². The van der Waals surface area contributed by atoms with Crippen molar-refractivity contribution in [3.05, 3.63) is 71.4 Å². The van der Waals surface area contributed by atoms with Gasteiger partial charge in [0.15, 0.2) is 5.69 Å². The van der Waals surface area contributed by atoms with Crippen LogP contribution in [0.4, 0.5) is 10.7 Å². The number of ether oxygens (including phenoxy) is 1. The summed E-state index contributed by atoms with van der Waals surface area (Å²) in [6.07, 6.45) is 1.49. The summed E-state index contributed by atoms with van der Waals surface area (Å²) in [5, 5.41) is 15.9. The molecule has 1 saturated carbocycles. The normalized spacial score (nSPS) is 15.8. The van der Waals surface area contributed by atoms with Gasteiger partial charge < -0.3 is 19.3 Å². The van der Waals surface area contributed by atoms with Gasteiger partial charge in [0.25, 0.3) is 5.91 Å². The molecule has 0 radical (unpaired) electrons. The summed E-state index contributed by atoms with van der Waals surface area (Å²) in [4.78, 5) is 38.4. The molecule has 35 heavy (non-hydrogen) atoms. The van der Waals surface area contributed by atoms with Gasteiger partial charge in [0.1, 0.15) is 12.1 Å². The third-order valence-corrected chi connectivity index (χ3v) is 7.07. The van der Waals surface area contributed by atoms with Crippen LogP contribution in [0.5, 0.6) is 0 Å². The molecule has 0 saturated heterocycles. The minimum Gasteiger partial charge on any atom is -0.479 e. The molecule has 2 aliphatic rings. The van der Waals surface area contributed by atoms with E-state index in [-0.39, 0.29) is 24.1 Å². The van der Waals surface area contributed by atoms with Gasteiger partial charge in [-0.05, 0) is 35.1 Å². The highest BCUT2D eigenvalue weighted by atomic mass is 16.6. The number of nitrogens with zero attached hydrogens (tertiary/aromatic N) is 2. The monoisotopic (exact) mass is 475 g/mol. The molecule has 0 spiro atoms. The highest BCUT2D eigenvalue weighted by Gasteiger charge is 2.47. The van der Waals surface area contributed by atoms with Gasteiger partial charge in [-0.2, -0.15) is 0 Å². The zero-order chi connectivity index (χ0) is 24.6. The number of nitrogens with one attached hydrogen (secondary N) is 1. The number of likely N-dealkylation sites (N-methyl/N-ethyl adjacent to an activating group) is 1. The van der Waals surface area contributed by atoms with E-state index in [9.17, 15) is 19.5 Å². The second-order valence-corrected chi connectivity index (χ2v) is 8.93. The van der Waals surface area contributed by atoms with Gasteiger partial charge in [-0.25, -0.2) is 9.59 Å². The van der Waals surface area contributed by atoms with E-state index in [1.165, 1.54) is 18.0 Å². The molecule has 3 aromatic rings. The average molecular weight is 476 g/mol. The second-order valence-electron chi connectivity index (χ2n) is 8.93. The lowest BCUT2D eigenvalue weighted by molar-refractivity contribution is -0.148. The molecule has 1 heterocycles. The van der Waals surface area contributed by atoms with Crippen LogP contribution in [0.3, 0.4) is 0 Å². The maximum atomic E-state index is 12.9. The van der Waals surface area contributed by atoms with Gasteiger partial charge in [-0.3, -0.25) is 10.1 Å². The maximum Gasteiger partial charge on any atom is 0.414 e. The fourth-order valence-electron chi connectivity index (χ4n) is 5.19. The fraction of sp³-hybridized carbons (Fsp3) is 0.308. The zero-order valence-electron chi connectivity index (χ0n) is 19.2. The second kappa shape index (κ2) is 8.90. The molecular weight excluding hydrogens is 450 g/mol. The van der Waals surface area contributed by atoms with Gasteiger partial charge in [0, 0.05) is 19.0 Å². The SMILES string of the molecule is CN(C(=O)c1cc(NC(=O)OCC2c3ccccc3-c3ccccc32)on1)C1(C(=O)O)CCCC1. The number of benzene rings is 2. The molecule has 5 rings (SSSR count). The Hall–Kier alpha value is -4.14. The predicted molar refractivity (Wildman–Crippen MR) is 126 cm³/mol. The van der Waals surface area contributed by atoms with Crippen molar-refractivity contribution in [1.29, 1.82) is 0 Å². The molecule has 2 aromatic carbocycles. The minimum atomic E-state index is -1.25. The smallest absolute Gasteiger partial charge is 0.414 e. The Labute approximate surface area is 201 Å². The maximum absolute atomic E-state index is 12.9. The summed E-state index contributed by atoms with van der Waals surface area (Å²) in [5.74, 6) is -1.77. The van der Waals surface area contributed by atoms with Crippen molar-refractivity contribution in [2.45, 2.75) is 37.1 Å². The number of hydrogen-bond acceptors (Lipinski definition) is 6. The van der Waals surface area contributed by atoms with Crippen LogP contribution in [-0.2, 0) is 9.53 Å². The van der Waals surface area contributed by atoms with Crippen molar-refractivity contribution in [3.8, 4) is 11.1 Å². The lowest BCUT2D eigenvalue weighted by atomic mass is 9.95. The Morgan fingerprint density at radius 2 is 1.69 bits per heavy atom. The van der Waals surface area contributed by atoms with Crippen molar-refractivity contribution >= 4 is 23.9 Å². The lowest BCUT2D eigenvalue weighted by Crippen LogP contribution is -2.53. The van der Waals surface area contributed by atoms with E-state index in [0.717, 1.165) is 35.1 Å². The molecule has 180 valence electrons. The van der Waals surface area contributed by atoms with E-state index in [1.54, 1.807) is 0 Å². The van der Waals surface area contributed by atoms with Crippen molar-refractivity contribution in [2.24, 2.45) is 0 Å². The standard InChI is InChI=1S/C26H25N3O6/c1-29(26(24(31)32)12-6-7-13-26)23(30)21-14-22(35-28-21)27-25(33)34-15-20-18-10-4-2-8-16(18)17-9-3-5-11-19(17)20/h2-5,8-11,14,20H,6-7,12-13,15H2,1H3,(H,27,33)(H,31,32). The molecule has 0 bridgehead atoms. The van der Waals surface area contributed by atoms with Crippen LogP contribution in [0.25, 0.3) is 11.1 Å². The molecule has 2 N–H and O–H groups in total. The molecular formula is C26H25N3O6. The lowest BCUT2D eigenvalue weighted by Gasteiger charge is -2.34. The first-order valence-corrected chi connectivity index (χ1v) is 11.5. The summed E-state index contributed by atoms with van der Waals surface area (Å²) in [7, 11) is 1.45. The number of aliphatic carboxylic acids is 1. The Kier molecular flexibility index (Phi) is 5.76. The van der Waals surface area contributed by atoms with Gasteiger partial charge in [-0.1, -0.05) is 66.5 Å². The molecule has 2 amide bonds.